The number of ether oxygens (including phenoxy) is 1. The van der Waals surface area contributed by atoms with E-state index in [1.54, 1.807) is 6.26 Å². The maximum absolute atomic E-state index is 12.6. The Morgan fingerprint density at radius 1 is 1.32 bits per heavy atom. The predicted octanol–water partition coefficient (Wildman–Crippen LogP) is 3.17. The lowest BCUT2D eigenvalue weighted by molar-refractivity contribution is -0.139. The summed E-state index contributed by atoms with van der Waals surface area (Å²) in [4.78, 5) is 23.3. The number of hydrogen-bond donors (Lipinski definition) is 0. The Labute approximate surface area is 112 Å². The third-order valence-electron chi connectivity index (χ3n) is 2.23. The summed E-state index contributed by atoms with van der Waals surface area (Å²) in [5.74, 6) is -2.23. The zero-order valence-electron chi connectivity index (χ0n) is 10.2. The molecule has 0 bridgehead atoms. The van der Waals surface area contributed by atoms with Crippen LogP contribution in [0.15, 0.2) is 23.1 Å². The van der Waals surface area contributed by atoms with Crippen molar-refractivity contribution in [1.29, 1.82) is 0 Å². The lowest BCUT2D eigenvalue weighted by atomic mass is 10.1. The fourth-order valence-electron chi connectivity index (χ4n) is 1.37. The van der Waals surface area contributed by atoms with Crippen LogP contribution < -0.4 is 0 Å². The van der Waals surface area contributed by atoms with E-state index in [-0.39, 0.29) is 12.2 Å². The minimum absolute atomic E-state index is 0.0157. The van der Waals surface area contributed by atoms with E-state index >= 15 is 0 Å². The van der Waals surface area contributed by atoms with Gasteiger partial charge in [0.15, 0.2) is 0 Å². The van der Waals surface area contributed by atoms with Crippen LogP contribution in [0.5, 0.6) is 0 Å². The van der Waals surface area contributed by atoms with Gasteiger partial charge in [-0.15, -0.1) is 11.8 Å². The summed E-state index contributed by atoms with van der Waals surface area (Å²) >= 11 is 1.08. The zero-order valence-corrected chi connectivity index (χ0v) is 11.0. The topological polar surface area (TPSA) is 43.4 Å². The van der Waals surface area contributed by atoms with Crippen molar-refractivity contribution in [2.24, 2.45) is 0 Å². The van der Waals surface area contributed by atoms with Crippen LogP contribution in [0.25, 0.3) is 0 Å². The highest BCUT2D eigenvalue weighted by molar-refractivity contribution is 7.98. The number of carbonyl (C=O) groups excluding carboxylic acids is 2. The van der Waals surface area contributed by atoms with E-state index in [0.29, 0.717) is 11.0 Å². The van der Waals surface area contributed by atoms with Gasteiger partial charge < -0.3 is 4.74 Å². The number of Topliss-reactive ketones (excluding diaryl/α,β-unsaturated/α-hetero) is 1. The van der Waals surface area contributed by atoms with Crippen molar-refractivity contribution in [3.8, 4) is 0 Å². The Kier molecular flexibility index (Phi) is 4.99. The first kappa shape index (κ1) is 15.6. The highest BCUT2D eigenvalue weighted by Crippen LogP contribution is 2.32. The van der Waals surface area contributed by atoms with Crippen molar-refractivity contribution < 1.29 is 27.5 Å². The van der Waals surface area contributed by atoms with Gasteiger partial charge in [0.2, 0.25) is 0 Å². The Hall–Kier alpha value is -1.50. The molecule has 0 heterocycles. The van der Waals surface area contributed by atoms with Crippen LogP contribution in [0.4, 0.5) is 13.2 Å². The molecule has 19 heavy (non-hydrogen) atoms. The van der Waals surface area contributed by atoms with Crippen LogP contribution in [-0.2, 0) is 15.7 Å². The van der Waals surface area contributed by atoms with Gasteiger partial charge in [-0.1, -0.05) is 0 Å². The normalized spacial score (nSPS) is 11.2. The second-order valence-electron chi connectivity index (χ2n) is 3.46. The highest BCUT2D eigenvalue weighted by atomic mass is 32.2. The van der Waals surface area contributed by atoms with Gasteiger partial charge in [-0.25, -0.2) is 4.79 Å². The molecule has 0 amide bonds. The summed E-state index contributed by atoms with van der Waals surface area (Å²) < 4.78 is 42.2. The molecule has 0 aliphatic carbocycles. The SMILES string of the molecule is CCOC(=O)C(=O)c1cc(C(F)(F)F)ccc1SC. The van der Waals surface area contributed by atoms with Gasteiger partial charge in [0.1, 0.15) is 0 Å². The standard InChI is InChI=1S/C12H11F3O3S/c1-3-18-11(17)10(16)8-6-7(12(13,14)15)4-5-9(8)19-2/h4-6H,3H2,1-2H3. The fourth-order valence-corrected chi connectivity index (χ4v) is 1.94. The van der Waals surface area contributed by atoms with E-state index in [4.69, 9.17) is 0 Å². The van der Waals surface area contributed by atoms with Gasteiger partial charge >= 0.3 is 12.1 Å². The predicted molar refractivity (Wildman–Crippen MR) is 64.2 cm³/mol. The van der Waals surface area contributed by atoms with Crippen LogP contribution in [0.1, 0.15) is 22.8 Å². The Bertz CT molecular complexity index is 497. The number of benzene rings is 1. The number of carbonyl (C=O) groups is 2. The summed E-state index contributed by atoms with van der Waals surface area (Å²) in [6, 6.07) is 2.71. The van der Waals surface area contributed by atoms with Crippen molar-refractivity contribution in [2.45, 2.75) is 18.0 Å². The average Bonchev–Trinajstić information content (AvgIpc) is 2.36. The molecule has 1 aromatic rings. The smallest absolute Gasteiger partial charge is 0.416 e. The van der Waals surface area contributed by atoms with Crippen LogP contribution in [-0.4, -0.2) is 24.6 Å². The molecule has 3 nitrogen and oxygen atoms in total. The Morgan fingerprint density at radius 3 is 2.42 bits per heavy atom. The van der Waals surface area contributed by atoms with Gasteiger partial charge in [-0.2, -0.15) is 13.2 Å². The number of ketones is 1. The molecule has 0 saturated heterocycles. The minimum atomic E-state index is -4.57. The number of alkyl halides is 3. The molecule has 1 aromatic carbocycles. The summed E-state index contributed by atoms with van der Waals surface area (Å²) in [5.41, 5.74) is -1.27. The summed E-state index contributed by atoms with van der Waals surface area (Å²) in [6.45, 7) is 1.49. The molecule has 0 atom stereocenters. The average molecular weight is 292 g/mol. The number of thioether (sulfide) groups is 1. The van der Waals surface area contributed by atoms with Crippen LogP contribution in [0, 0.1) is 0 Å². The Morgan fingerprint density at radius 2 is 1.95 bits per heavy atom. The van der Waals surface area contributed by atoms with Gasteiger partial charge in [-0.05, 0) is 31.4 Å². The van der Waals surface area contributed by atoms with Gasteiger partial charge in [-0.3, -0.25) is 4.79 Å². The molecule has 0 spiro atoms. The molecule has 0 unspecified atom stereocenters. The zero-order chi connectivity index (χ0) is 14.6. The molecule has 104 valence electrons. The van der Waals surface area contributed by atoms with E-state index in [9.17, 15) is 22.8 Å². The van der Waals surface area contributed by atoms with Gasteiger partial charge in [0.25, 0.3) is 5.78 Å². The van der Waals surface area contributed by atoms with Crippen molar-refractivity contribution in [2.75, 3.05) is 12.9 Å². The molecule has 0 radical (unpaired) electrons. The number of esters is 1. The Balaban J connectivity index is 3.23. The second kappa shape index (κ2) is 6.10. The first-order valence-electron chi connectivity index (χ1n) is 5.28. The maximum atomic E-state index is 12.6. The van der Waals surface area contributed by atoms with Crippen LogP contribution in [0.3, 0.4) is 0 Å². The van der Waals surface area contributed by atoms with Crippen molar-refractivity contribution >= 4 is 23.5 Å². The van der Waals surface area contributed by atoms with Gasteiger partial charge in [0, 0.05) is 10.5 Å². The maximum Gasteiger partial charge on any atom is 0.416 e. The lowest BCUT2D eigenvalue weighted by Gasteiger charge is -2.11. The van der Waals surface area contributed by atoms with E-state index < -0.39 is 23.5 Å². The lowest BCUT2D eigenvalue weighted by Crippen LogP contribution is -2.19. The van der Waals surface area contributed by atoms with E-state index in [0.717, 1.165) is 17.8 Å². The molecule has 0 N–H and O–H groups in total. The van der Waals surface area contributed by atoms with Crippen LogP contribution in [0.2, 0.25) is 0 Å². The summed E-state index contributed by atoms with van der Waals surface area (Å²) in [7, 11) is 0. The van der Waals surface area contributed by atoms with Crippen molar-refractivity contribution in [3.05, 3.63) is 29.3 Å². The second-order valence-corrected chi connectivity index (χ2v) is 4.31. The number of rotatable bonds is 4. The molecular weight excluding hydrogens is 281 g/mol. The molecule has 1 rings (SSSR count). The summed E-state index contributed by atoms with van der Waals surface area (Å²) in [5, 5.41) is 0. The molecule has 0 aliphatic heterocycles. The summed E-state index contributed by atoms with van der Waals surface area (Å²) in [6.07, 6.45) is -2.97. The quantitative estimate of drug-likeness (QED) is 0.370. The molecule has 0 fully saturated rings. The monoisotopic (exact) mass is 292 g/mol. The first-order valence-corrected chi connectivity index (χ1v) is 6.50. The van der Waals surface area contributed by atoms with Crippen molar-refractivity contribution in [1.82, 2.24) is 0 Å². The minimum Gasteiger partial charge on any atom is -0.460 e. The van der Waals surface area contributed by atoms with Crippen LogP contribution >= 0.6 is 11.8 Å². The molecule has 0 saturated carbocycles. The first-order chi connectivity index (χ1) is 8.81. The fraction of sp³-hybridized carbons (Fsp3) is 0.333. The highest BCUT2D eigenvalue weighted by Gasteiger charge is 2.32. The third-order valence-corrected chi connectivity index (χ3v) is 3.03. The van der Waals surface area contributed by atoms with Crippen molar-refractivity contribution in [3.63, 3.8) is 0 Å². The van der Waals surface area contributed by atoms with E-state index in [1.807, 2.05) is 0 Å². The molecule has 7 heteroatoms. The molecule has 0 aliphatic rings. The largest absolute Gasteiger partial charge is 0.460 e. The third kappa shape index (κ3) is 3.73. The van der Waals surface area contributed by atoms with E-state index in [1.165, 1.54) is 13.0 Å². The number of halogens is 3. The van der Waals surface area contributed by atoms with E-state index in [2.05, 4.69) is 4.74 Å². The molecular formula is C12H11F3O3S. The molecule has 0 aromatic heterocycles. The van der Waals surface area contributed by atoms with Gasteiger partial charge in [0.05, 0.1) is 12.2 Å². The number of hydrogen-bond acceptors (Lipinski definition) is 4.